The molecule has 0 bridgehead atoms. The van der Waals surface area contributed by atoms with Crippen molar-refractivity contribution in [3.8, 4) is 11.4 Å². The van der Waals surface area contributed by atoms with Gasteiger partial charge in [-0.15, -0.1) is 0 Å². The summed E-state index contributed by atoms with van der Waals surface area (Å²) in [5.41, 5.74) is 3.49. The topological polar surface area (TPSA) is 93.8 Å². The number of benzene rings is 2. The second-order valence-corrected chi connectivity index (χ2v) is 7.86. The number of para-hydroxylation sites is 2. The minimum atomic E-state index is -0.257. The number of nitrogens with zero attached hydrogens (tertiary/aromatic N) is 4. The van der Waals surface area contributed by atoms with Gasteiger partial charge in [0, 0.05) is 22.7 Å². The van der Waals surface area contributed by atoms with Gasteiger partial charge in [-0.1, -0.05) is 38.1 Å². The number of fused-ring (bicyclic) bond motifs is 1. The average molecular weight is 399 g/mol. The maximum Gasteiger partial charge on any atom is 0.248 e. The minimum Gasteiger partial charge on any atom is -0.338 e. The van der Waals surface area contributed by atoms with Gasteiger partial charge in [0.25, 0.3) is 0 Å². The largest absolute Gasteiger partial charge is 0.338 e. The summed E-state index contributed by atoms with van der Waals surface area (Å²) in [6.45, 7) is 6.04. The minimum absolute atomic E-state index is 0.207. The Labute approximate surface area is 173 Å². The molecule has 0 spiro atoms. The molecule has 0 atom stereocenters. The van der Waals surface area contributed by atoms with Crippen molar-refractivity contribution in [2.24, 2.45) is 0 Å². The van der Waals surface area contributed by atoms with Gasteiger partial charge in [0.1, 0.15) is 0 Å². The van der Waals surface area contributed by atoms with E-state index in [1.54, 1.807) is 24.4 Å². The fourth-order valence-electron chi connectivity index (χ4n) is 2.74. The van der Waals surface area contributed by atoms with E-state index in [-0.39, 0.29) is 11.3 Å². The predicted octanol–water partition coefficient (Wildman–Crippen LogP) is 4.63. The predicted molar refractivity (Wildman–Crippen MR) is 116 cm³/mol. The molecule has 7 nitrogen and oxygen atoms in total. The number of nitrogens with one attached hydrogen (secondary N) is 1. The molecule has 0 radical (unpaired) electrons. The van der Waals surface area contributed by atoms with Crippen LogP contribution in [0.5, 0.6) is 0 Å². The van der Waals surface area contributed by atoms with Crippen LogP contribution >= 0.6 is 0 Å². The molecule has 1 N–H and O–H groups in total. The van der Waals surface area contributed by atoms with Crippen LogP contribution in [0, 0.1) is 0 Å². The molecule has 4 aromatic rings. The molecule has 0 saturated carbocycles. The summed E-state index contributed by atoms with van der Waals surface area (Å²) in [6.07, 6.45) is 4.70. The first-order valence-corrected chi connectivity index (χ1v) is 9.54. The van der Waals surface area contributed by atoms with Crippen LogP contribution < -0.4 is 5.32 Å². The van der Waals surface area contributed by atoms with Crippen LogP contribution in [-0.2, 0) is 10.2 Å². The van der Waals surface area contributed by atoms with Gasteiger partial charge in [-0.05, 0) is 42.5 Å². The van der Waals surface area contributed by atoms with Gasteiger partial charge in [-0.3, -0.25) is 9.78 Å². The van der Waals surface area contributed by atoms with E-state index in [4.69, 9.17) is 4.52 Å². The summed E-state index contributed by atoms with van der Waals surface area (Å²) in [4.78, 5) is 25.5. The van der Waals surface area contributed by atoms with Crippen LogP contribution in [0.3, 0.4) is 0 Å². The van der Waals surface area contributed by atoms with Gasteiger partial charge >= 0.3 is 0 Å². The van der Waals surface area contributed by atoms with Crippen molar-refractivity contribution in [2.45, 2.75) is 26.2 Å². The zero-order valence-corrected chi connectivity index (χ0v) is 17.0. The number of aromatic nitrogens is 4. The summed E-state index contributed by atoms with van der Waals surface area (Å²) in [6, 6.07) is 14.9. The first kappa shape index (κ1) is 19.4. The lowest BCUT2D eigenvalue weighted by Crippen LogP contribution is -2.11. The van der Waals surface area contributed by atoms with E-state index in [1.165, 1.54) is 6.08 Å². The zero-order valence-electron chi connectivity index (χ0n) is 17.0. The Morgan fingerprint density at radius 1 is 1.00 bits per heavy atom. The standard InChI is InChI=1S/C23H21N5O2/c1-23(2,3)22-27-21(28-30-22)15-8-10-16(11-9-15)26-20(29)13-12-17-14-24-18-6-4-5-7-19(18)25-17/h4-14H,1-3H3,(H,26,29). The van der Waals surface area contributed by atoms with Gasteiger partial charge in [-0.25, -0.2) is 4.98 Å². The average Bonchev–Trinajstić information content (AvgIpc) is 3.23. The van der Waals surface area contributed by atoms with E-state index in [1.807, 2.05) is 57.2 Å². The number of amides is 1. The molecular weight excluding hydrogens is 378 g/mol. The molecule has 2 aromatic carbocycles. The number of carbonyl (C=O) groups is 1. The first-order chi connectivity index (χ1) is 14.4. The molecule has 0 aliphatic heterocycles. The highest BCUT2D eigenvalue weighted by molar-refractivity contribution is 6.01. The Morgan fingerprint density at radius 2 is 1.73 bits per heavy atom. The van der Waals surface area contributed by atoms with Crippen molar-refractivity contribution in [1.29, 1.82) is 0 Å². The SMILES string of the molecule is CC(C)(C)c1nc(-c2ccc(NC(=O)C=Cc3cnc4ccccc4n3)cc2)no1. The Balaban J connectivity index is 1.41. The molecule has 0 fully saturated rings. The maximum atomic E-state index is 12.2. The molecule has 2 aromatic heterocycles. The summed E-state index contributed by atoms with van der Waals surface area (Å²) in [7, 11) is 0. The van der Waals surface area contributed by atoms with Crippen LogP contribution in [0.15, 0.2) is 65.3 Å². The first-order valence-electron chi connectivity index (χ1n) is 9.54. The lowest BCUT2D eigenvalue weighted by Gasteiger charge is -2.10. The fourth-order valence-corrected chi connectivity index (χ4v) is 2.74. The van der Waals surface area contributed by atoms with Crippen LogP contribution in [-0.4, -0.2) is 26.0 Å². The van der Waals surface area contributed by atoms with Gasteiger partial charge < -0.3 is 9.84 Å². The van der Waals surface area contributed by atoms with Crippen molar-refractivity contribution < 1.29 is 9.32 Å². The Bertz CT molecular complexity index is 1220. The Hall–Kier alpha value is -3.87. The van der Waals surface area contributed by atoms with Gasteiger partial charge in [0.15, 0.2) is 0 Å². The normalized spacial score (nSPS) is 11.8. The summed E-state index contributed by atoms with van der Waals surface area (Å²) < 4.78 is 5.33. The van der Waals surface area contributed by atoms with E-state index in [0.717, 1.165) is 16.6 Å². The fraction of sp³-hybridized carbons (Fsp3) is 0.174. The van der Waals surface area contributed by atoms with Crippen molar-refractivity contribution in [1.82, 2.24) is 20.1 Å². The number of rotatable bonds is 4. The van der Waals surface area contributed by atoms with E-state index in [2.05, 4.69) is 25.4 Å². The van der Waals surface area contributed by atoms with Gasteiger partial charge in [0.05, 0.1) is 22.9 Å². The highest BCUT2D eigenvalue weighted by Crippen LogP contribution is 2.24. The molecule has 0 saturated heterocycles. The number of hydrogen-bond acceptors (Lipinski definition) is 6. The van der Waals surface area contributed by atoms with Crippen molar-refractivity contribution in [2.75, 3.05) is 5.32 Å². The number of hydrogen-bond donors (Lipinski definition) is 1. The second-order valence-electron chi connectivity index (χ2n) is 7.86. The summed E-state index contributed by atoms with van der Waals surface area (Å²) in [5.74, 6) is 0.844. The smallest absolute Gasteiger partial charge is 0.248 e. The number of anilines is 1. The molecule has 0 aliphatic carbocycles. The third-order valence-electron chi connectivity index (χ3n) is 4.35. The lowest BCUT2D eigenvalue weighted by molar-refractivity contribution is -0.111. The monoisotopic (exact) mass is 399 g/mol. The van der Waals surface area contributed by atoms with Gasteiger partial charge in [0.2, 0.25) is 17.6 Å². The molecule has 150 valence electrons. The molecule has 1 amide bonds. The molecule has 2 heterocycles. The lowest BCUT2D eigenvalue weighted by atomic mass is 9.97. The van der Waals surface area contributed by atoms with Crippen molar-refractivity contribution in [3.63, 3.8) is 0 Å². The molecule has 4 rings (SSSR count). The Morgan fingerprint density at radius 3 is 2.43 bits per heavy atom. The highest BCUT2D eigenvalue weighted by atomic mass is 16.5. The molecule has 0 aliphatic rings. The van der Waals surface area contributed by atoms with Crippen LogP contribution in [0.1, 0.15) is 32.4 Å². The second kappa shape index (κ2) is 7.87. The van der Waals surface area contributed by atoms with Crippen molar-refractivity contribution in [3.05, 3.63) is 72.4 Å². The molecule has 0 unspecified atom stereocenters. The third kappa shape index (κ3) is 4.41. The number of carbonyl (C=O) groups excluding carboxylic acids is 1. The molecule has 7 heteroatoms. The van der Waals surface area contributed by atoms with E-state index >= 15 is 0 Å². The molecular formula is C23H21N5O2. The highest BCUT2D eigenvalue weighted by Gasteiger charge is 2.22. The van der Waals surface area contributed by atoms with Crippen LogP contribution in [0.2, 0.25) is 0 Å². The third-order valence-corrected chi connectivity index (χ3v) is 4.35. The molecule has 30 heavy (non-hydrogen) atoms. The maximum absolute atomic E-state index is 12.2. The van der Waals surface area contributed by atoms with Crippen LogP contribution in [0.25, 0.3) is 28.5 Å². The van der Waals surface area contributed by atoms with E-state index in [9.17, 15) is 4.79 Å². The Kier molecular flexibility index (Phi) is 5.10. The quantitative estimate of drug-likeness (QED) is 0.503. The summed E-state index contributed by atoms with van der Waals surface area (Å²) in [5, 5.41) is 6.85. The van der Waals surface area contributed by atoms with E-state index in [0.29, 0.717) is 23.1 Å². The summed E-state index contributed by atoms with van der Waals surface area (Å²) >= 11 is 0. The van der Waals surface area contributed by atoms with Crippen LogP contribution in [0.4, 0.5) is 5.69 Å². The van der Waals surface area contributed by atoms with Gasteiger partial charge in [-0.2, -0.15) is 4.98 Å². The zero-order chi connectivity index (χ0) is 21.1. The van der Waals surface area contributed by atoms with Crippen molar-refractivity contribution >= 4 is 28.7 Å². The van der Waals surface area contributed by atoms with E-state index < -0.39 is 0 Å².